The van der Waals surface area contributed by atoms with Crippen LogP contribution in [0.4, 0.5) is 0 Å². The molecule has 0 radical (unpaired) electrons. The first-order valence-corrected chi connectivity index (χ1v) is 6.53. The zero-order chi connectivity index (χ0) is 11.4. The molecular weight excluding hydrogens is 218 g/mol. The highest BCUT2D eigenvalue weighted by Gasteiger charge is 2.37. The highest BCUT2D eigenvalue weighted by molar-refractivity contribution is 7.80. The van der Waals surface area contributed by atoms with Crippen LogP contribution in [0.25, 0.3) is 0 Å². The summed E-state index contributed by atoms with van der Waals surface area (Å²) in [5.74, 6) is 0.896. The summed E-state index contributed by atoms with van der Waals surface area (Å²) in [5.41, 5.74) is 5.02. The van der Waals surface area contributed by atoms with Gasteiger partial charge < -0.3 is 4.57 Å². The van der Waals surface area contributed by atoms with E-state index in [1.807, 2.05) is 7.05 Å². The fourth-order valence-corrected chi connectivity index (χ4v) is 3.55. The maximum atomic E-state index is 11.7. The van der Waals surface area contributed by atoms with E-state index in [4.69, 9.17) is 0 Å². The minimum Gasteiger partial charge on any atom is -0.344 e. The van der Waals surface area contributed by atoms with Crippen LogP contribution in [-0.4, -0.2) is 10.4 Å². The van der Waals surface area contributed by atoms with Crippen LogP contribution in [-0.2, 0) is 13.5 Å². The molecule has 0 saturated heterocycles. The minimum absolute atomic E-state index is 0.202. The molecule has 1 fully saturated rings. The van der Waals surface area contributed by atoms with Gasteiger partial charge in [-0.2, -0.15) is 12.6 Å². The average Bonchev–Trinajstić information content (AvgIpc) is 2.91. The van der Waals surface area contributed by atoms with Crippen molar-refractivity contribution in [3.8, 4) is 0 Å². The highest BCUT2D eigenvalue weighted by atomic mass is 32.1. The molecule has 2 nitrogen and oxygen atoms in total. The van der Waals surface area contributed by atoms with E-state index in [1.165, 1.54) is 29.7 Å². The van der Waals surface area contributed by atoms with Crippen molar-refractivity contribution in [2.24, 2.45) is 7.05 Å². The van der Waals surface area contributed by atoms with Crippen LogP contribution in [0.1, 0.15) is 64.7 Å². The second-order valence-electron chi connectivity index (χ2n) is 5.07. The van der Waals surface area contributed by atoms with E-state index < -0.39 is 0 Å². The summed E-state index contributed by atoms with van der Waals surface area (Å²) in [4.78, 5) is 11.7. The van der Waals surface area contributed by atoms with Gasteiger partial charge in [-0.15, -0.1) is 0 Å². The van der Waals surface area contributed by atoms with Gasteiger partial charge in [-0.3, -0.25) is 4.79 Å². The maximum absolute atomic E-state index is 11.7. The van der Waals surface area contributed by atoms with Gasteiger partial charge in [0.25, 0.3) is 0 Å². The summed E-state index contributed by atoms with van der Waals surface area (Å²) < 4.78 is 2.15. The number of nitrogens with zero attached hydrogens (tertiary/aromatic N) is 1. The van der Waals surface area contributed by atoms with Crippen molar-refractivity contribution in [3.05, 3.63) is 22.5 Å². The smallest absolute Gasteiger partial charge is 0.176 e. The molecule has 0 amide bonds. The van der Waals surface area contributed by atoms with Gasteiger partial charge in [0, 0.05) is 24.9 Å². The van der Waals surface area contributed by atoms with Crippen LogP contribution >= 0.6 is 12.6 Å². The fraction of sp³-hybridized carbons (Fsp3) is 0.615. The summed E-state index contributed by atoms with van der Waals surface area (Å²) in [7, 11) is 2.04. The zero-order valence-electron chi connectivity index (χ0n) is 9.79. The number of hydrogen-bond acceptors (Lipinski definition) is 2. The number of carbonyl (C=O) groups excluding carboxylic acids is 1. The normalized spacial score (nSPS) is 23.6. The van der Waals surface area contributed by atoms with Crippen molar-refractivity contribution in [3.63, 3.8) is 0 Å². The van der Waals surface area contributed by atoms with Crippen molar-refractivity contribution in [1.82, 2.24) is 4.57 Å². The minimum atomic E-state index is 0.202. The van der Waals surface area contributed by atoms with Crippen molar-refractivity contribution in [2.75, 3.05) is 0 Å². The second kappa shape index (κ2) is 3.39. The molecule has 1 atom stereocenters. The molecule has 3 rings (SSSR count). The standard InChI is InChI=1S/C13H17NOS/c1-7(15)12-9-5-6-10(16)11(9)13(14(12)2)8-3-4-8/h8,10,16H,3-6H2,1-2H3. The van der Waals surface area contributed by atoms with E-state index in [0.29, 0.717) is 11.2 Å². The lowest BCUT2D eigenvalue weighted by molar-refractivity contribution is 0.100. The summed E-state index contributed by atoms with van der Waals surface area (Å²) in [6, 6.07) is 0. The third-order valence-corrected chi connectivity index (χ3v) is 4.40. The molecule has 1 unspecified atom stereocenters. The quantitative estimate of drug-likeness (QED) is 0.617. The van der Waals surface area contributed by atoms with E-state index in [2.05, 4.69) is 17.2 Å². The largest absolute Gasteiger partial charge is 0.344 e. The molecule has 16 heavy (non-hydrogen) atoms. The number of rotatable bonds is 2. The van der Waals surface area contributed by atoms with Crippen LogP contribution in [0.2, 0.25) is 0 Å². The number of fused-ring (bicyclic) bond motifs is 1. The van der Waals surface area contributed by atoms with Gasteiger partial charge in [-0.05, 0) is 42.7 Å². The Kier molecular flexibility index (Phi) is 2.22. The van der Waals surface area contributed by atoms with Crippen molar-refractivity contribution in [2.45, 2.75) is 43.8 Å². The number of carbonyl (C=O) groups is 1. The van der Waals surface area contributed by atoms with Crippen LogP contribution in [0.15, 0.2) is 0 Å². The van der Waals surface area contributed by atoms with E-state index in [1.54, 1.807) is 6.92 Å². The molecule has 2 aliphatic rings. The first-order chi connectivity index (χ1) is 7.61. The molecule has 1 aromatic heterocycles. The summed E-state index contributed by atoms with van der Waals surface area (Å²) in [6.07, 6.45) is 4.68. The predicted octanol–water partition coefficient (Wildman–Crippen LogP) is 3.02. The van der Waals surface area contributed by atoms with Crippen molar-refractivity contribution in [1.29, 1.82) is 0 Å². The van der Waals surface area contributed by atoms with Gasteiger partial charge in [-0.1, -0.05) is 0 Å². The molecule has 0 spiro atoms. The Balaban J connectivity index is 2.25. The fourth-order valence-electron chi connectivity index (χ4n) is 3.14. The van der Waals surface area contributed by atoms with Gasteiger partial charge in [0.15, 0.2) is 5.78 Å². The Morgan fingerprint density at radius 1 is 1.38 bits per heavy atom. The lowest BCUT2D eigenvalue weighted by atomic mass is 10.1. The Bertz CT molecular complexity index is 471. The number of aromatic nitrogens is 1. The third kappa shape index (κ3) is 1.30. The maximum Gasteiger partial charge on any atom is 0.176 e. The predicted molar refractivity (Wildman–Crippen MR) is 67.4 cm³/mol. The summed E-state index contributed by atoms with van der Waals surface area (Å²) in [6.45, 7) is 1.68. The Morgan fingerprint density at radius 3 is 2.62 bits per heavy atom. The SMILES string of the molecule is CC(=O)c1c2c(c(C3CC3)n1C)C(S)CC2. The molecular formula is C13H17NOS. The first-order valence-electron chi connectivity index (χ1n) is 6.01. The zero-order valence-corrected chi connectivity index (χ0v) is 10.7. The Labute approximate surface area is 101 Å². The molecule has 0 N–H and O–H groups in total. The summed E-state index contributed by atoms with van der Waals surface area (Å²) >= 11 is 4.67. The molecule has 1 saturated carbocycles. The lowest BCUT2D eigenvalue weighted by Crippen LogP contribution is -2.07. The van der Waals surface area contributed by atoms with Gasteiger partial charge in [0.2, 0.25) is 0 Å². The second-order valence-corrected chi connectivity index (χ2v) is 5.69. The molecule has 86 valence electrons. The average molecular weight is 235 g/mol. The number of Topliss-reactive ketones (excluding diaryl/α,β-unsaturated/α-hetero) is 1. The van der Waals surface area contributed by atoms with Crippen LogP contribution < -0.4 is 0 Å². The molecule has 0 aromatic carbocycles. The molecule has 1 heterocycles. The topological polar surface area (TPSA) is 22.0 Å². The van der Waals surface area contributed by atoms with Gasteiger partial charge in [-0.25, -0.2) is 0 Å². The van der Waals surface area contributed by atoms with E-state index in [0.717, 1.165) is 18.5 Å². The molecule has 1 aromatic rings. The number of thiol groups is 1. The van der Waals surface area contributed by atoms with Crippen LogP contribution in [0, 0.1) is 0 Å². The third-order valence-electron chi connectivity index (χ3n) is 3.88. The summed E-state index contributed by atoms with van der Waals surface area (Å²) in [5, 5.41) is 0.352. The van der Waals surface area contributed by atoms with E-state index in [-0.39, 0.29) is 5.78 Å². The molecule has 0 bridgehead atoms. The van der Waals surface area contributed by atoms with Crippen molar-refractivity contribution >= 4 is 18.4 Å². The number of hydrogen-bond donors (Lipinski definition) is 1. The molecule has 0 aliphatic heterocycles. The van der Waals surface area contributed by atoms with E-state index >= 15 is 0 Å². The number of ketones is 1. The molecule has 2 aliphatic carbocycles. The lowest BCUT2D eigenvalue weighted by Gasteiger charge is -2.09. The molecule has 3 heteroatoms. The van der Waals surface area contributed by atoms with Gasteiger partial charge in [0.1, 0.15) is 0 Å². The van der Waals surface area contributed by atoms with Crippen LogP contribution in [0.5, 0.6) is 0 Å². The van der Waals surface area contributed by atoms with Crippen LogP contribution in [0.3, 0.4) is 0 Å². The van der Waals surface area contributed by atoms with E-state index in [9.17, 15) is 4.79 Å². The van der Waals surface area contributed by atoms with Gasteiger partial charge >= 0.3 is 0 Å². The Morgan fingerprint density at radius 2 is 2.06 bits per heavy atom. The van der Waals surface area contributed by atoms with Crippen molar-refractivity contribution < 1.29 is 4.79 Å². The highest BCUT2D eigenvalue weighted by Crippen LogP contribution is 2.50. The monoisotopic (exact) mass is 235 g/mol. The first kappa shape index (κ1) is 10.5. The Hall–Kier alpha value is -0.700. The van der Waals surface area contributed by atoms with Gasteiger partial charge in [0.05, 0.1) is 5.69 Å².